The summed E-state index contributed by atoms with van der Waals surface area (Å²) in [5.41, 5.74) is 0.994. The van der Waals surface area contributed by atoms with Crippen molar-refractivity contribution in [2.24, 2.45) is 0 Å². The second-order valence-corrected chi connectivity index (χ2v) is 6.40. The third-order valence-corrected chi connectivity index (χ3v) is 4.56. The topological polar surface area (TPSA) is 57.6 Å². The standard InChI is InChI=1S/C18H13F2NO3S/c19-13-5-1-11(2-6-13)9-16-17(23)21(18(24)25-16)10-15(22)12-3-7-14(20)8-4-12/h1-9,15,22H,10H2/b16-9+. The van der Waals surface area contributed by atoms with Gasteiger partial charge in [0.15, 0.2) is 0 Å². The Morgan fingerprint density at radius 1 is 1.00 bits per heavy atom. The first-order valence-electron chi connectivity index (χ1n) is 7.38. The Labute approximate surface area is 146 Å². The summed E-state index contributed by atoms with van der Waals surface area (Å²) in [7, 11) is 0. The van der Waals surface area contributed by atoms with Gasteiger partial charge in [-0.1, -0.05) is 24.3 Å². The second kappa shape index (κ2) is 7.16. The van der Waals surface area contributed by atoms with E-state index in [4.69, 9.17) is 0 Å². The van der Waals surface area contributed by atoms with Crippen molar-refractivity contribution in [2.75, 3.05) is 6.54 Å². The largest absolute Gasteiger partial charge is 0.387 e. The highest BCUT2D eigenvalue weighted by Gasteiger charge is 2.36. The minimum Gasteiger partial charge on any atom is -0.387 e. The zero-order valence-corrected chi connectivity index (χ0v) is 13.7. The molecule has 2 aromatic carbocycles. The number of aliphatic hydroxyl groups excluding tert-OH is 1. The van der Waals surface area contributed by atoms with Gasteiger partial charge < -0.3 is 5.11 Å². The number of carbonyl (C=O) groups is 2. The smallest absolute Gasteiger partial charge is 0.293 e. The summed E-state index contributed by atoms with van der Waals surface area (Å²) in [4.78, 5) is 25.6. The van der Waals surface area contributed by atoms with Crippen LogP contribution in [0, 0.1) is 11.6 Å². The van der Waals surface area contributed by atoms with Crippen LogP contribution in [-0.2, 0) is 4.79 Å². The number of halogens is 2. The van der Waals surface area contributed by atoms with E-state index in [1.165, 1.54) is 54.6 Å². The van der Waals surface area contributed by atoms with Gasteiger partial charge in [0.05, 0.1) is 17.6 Å². The molecule has 1 unspecified atom stereocenters. The number of carbonyl (C=O) groups excluding carboxylic acids is 2. The maximum absolute atomic E-state index is 12.9. The van der Waals surface area contributed by atoms with Crippen LogP contribution in [-0.4, -0.2) is 27.7 Å². The number of imide groups is 1. The van der Waals surface area contributed by atoms with Crippen LogP contribution in [0.25, 0.3) is 6.08 Å². The number of β-amino-alcohol motifs (C(OH)–C–C–N with tert-alkyl or cyclic N) is 1. The molecule has 1 atom stereocenters. The van der Waals surface area contributed by atoms with Gasteiger partial charge in [-0.05, 0) is 53.2 Å². The van der Waals surface area contributed by atoms with E-state index in [2.05, 4.69) is 0 Å². The predicted molar refractivity (Wildman–Crippen MR) is 90.4 cm³/mol. The van der Waals surface area contributed by atoms with E-state index >= 15 is 0 Å². The number of rotatable bonds is 4. The molecule has 1 saturated heterocycles. The molecule has 0 spiro atoms. The van der Waals surface area contributed by atoms with E-state index in [9.17, 15) is 23.5 Å². The molecule has 0 aliphatic carbocycles. The van der Waals surface area contributed by atoms with Gasteiger partial charge in [-0.25, -0.2) is 8.78 Å². The first-order chi connectivity index (χ1) is 11.9. The lowest BCUT2D eigenvalue weighted by Crippen LogP contribution is -2.32. The van der Waals surface area contributed by atoms with Gasteiger partial charge in [-0.2, -0.15) is 0 Å². The average Bonchev–Trinajstić information content (AvgIpc) is 2.85. The molecule has 1 heterocycles. The van der Waals surface area contributed by atoms with Crippen LogP contribution < -0.4 is 0 Å². The summed E-state index contributed by atoms with van der Waals surface area (Å²) in [6.07, 6.45) is 0.383. The van der Waals surface area contributed by atoms with E-state index in [0.29, 0.717) is 11.1 Å². The second-order valence-electron chi connectivity index (χ2n) is 5.41. The summed E-state index contributed by atoms with van der Waals surface area (Å²) in [6, 6.07) is 10.7. The van der Waals surface area contributed by atoms with Crippen molar-refractivity contribution >= 4 is 29.0 Å². The van der Waals surface area contributed by atoms with Gasteiger partial charge in [0.1, 0.15) is 11.6 Å². The SMILES string of the molecule is O=C1S/C(=C/c2ccc(F)cc2)C(=O)N1CC(O)c1ccc(F)cc1. The van der Waals surface area contributed by atoms with Gasteiger partial charge in [0, 0.05) is 0 Å². The molecule has 7 heteroatoms. The number of aliphatic hydroxyl groups is 1. The molecule has 0 aromatic heterocycles. The van der Waals surface area contributed by atoms with E-state index < -0.39 is 28.9 Å². The molecule has 4 nitrogen and oxygen atoms in total. The van der Waals surface area contributed by atoms with Crippen LogP contribution in [0.5, 0.6) is 0 Å². The minimum atomic E-state index is -1.11. The number of thioether (sulfide) groups is 1. The summed E-state index contributed by atoms with van der Waals surface area (Å²) >= 11 is 0.754. The van der Waals surface area contributed by atoms with Gasteiger partial charge in [0.25, 0.3) is 11.1 Å². The monoisotopic (exact) mass is 361 g/mol. The van der Waals surface area contributed by atoms with Crippen LogP contribution >= 0.6 is 11.8 Å². The van der Waals surface area contributed by atoms with Crippen molar-refractivity contribution < 1.29 is 23.5 Å². The highest BCUT2D eigenvalue weighted by Crippen LogP contribution is 2.33. The molecule has 0 radical (unpaired) electrons. The molecule has 2 amide bonds. The predicted octanol–water partition coefficient (Wildman–Crippen LogP) is 3.73. The Bertz CT molecular complexity index is 834. The van der Waals surface area contributed by atoms with E-state index in [-0.39, 0.29) is 11.4 Å². The maximum Gasteiger partial charge on any atom is 0.293 e. The number of hydrogen-bond acceptors (Lipinski definition) is 4. The molecule has 0 saturated carbocycles. The molecule has 1 aliphatic heterocycles. The molecule has 2 aromatic rings. The molecule has 1 N–H and O–H groups in total. The summed E-state index contributed by atoms with van der Waals surface area (Å²) in [5, 5.41) is 9.67. The Balaban J connectivity index is 1.74. The van der Waals surface area contributed by atoms with E-state index in [0.717, 1.165) is 16.7 Å². The molecule has 3 rings (SSSR count). The number of nitrogens with zero attached hydrogens (tertiary/aromatic N) is 1. The molecular formula is C18H13F2NO3S. The van der Waals surface area contributed by atoms with Crippen molar-refractivity contribution in [3.63, 3.8) is 0 Å². The fourth-order valence-corrected chi connectivity index (χ4v) is 3.18. The number of hydrogen-bond donors (Lipinski definition) is 1. The van der Waals surface area contributed by atoms with Crippen LogP contribution in [0.1, 0.15) is 17.2 Å². The zero-order valence-electron chi connectivity index (χ0n) is 12.9. The lowest BCUT2D eigenvalue weighted by Gasteiger charge is -2.17. The van der Waals surface area contributed by atoms with E-state index in [1.54, 1.807) is 0 Å². The van der Waals surface area contributed by atoms with Gasteiger partial charge in [-0.3, -0.25) is 14.5 Å². The van der Waals surface area contributed by atoms with Crippen molar-refractivity contribution in [1.29, 1.82) is 0 Å². The first kappa shape index (κ1) is 17.3. The Morgan fingerprint density at radius 2 is 1.56 bits per heavy atom. The zero-order chi connectivity index (χ0) is 18.0. The maximum atomic E-state index is 12.9. The van der Waals surface area contributed by atoms with Gasteiger partial charge in [-0.15, -0.1) is 0 Å². The molecule has 25 heavy (non-hydrogen) atoms. The van der Waals surface area contributed by atoms with E-state index in [1.807, 2.05) is 0 Å². The molecule has 128 valence electrons. The Kier molecular flexibility index (Phi) is 4.96. The minimum absolute atomic E-state index is 0.197. The fourth-order valence-electron chi connectivity index (χ4n) is 2.33. The highest BCUT2D eigenvalue weighted by atomic mass is 32.2. The van der Waals surface area contributed by atoms with Crippen LogP contribution in [0.4, 0.5) is 13.6 Å². The van der Waals surface area contributed by atoms with Crippen molar-refractivity contribution in [2.45, 2.75) is 6.10 Å². The molecule has 0 bridgehead atoms. The first-order valence-corrected chi connectivity index (χ1v) is 8.20. The third-order valence-electron chi connectivity index (χ3n) is 3.65. The average molecular weight is 361 g/mol. The van der Waals surface area contributed by atoms with Crippen LogP contribution in [0.3, 0.4) is 0 Å². The summed E-state index contributed by atoms with van der Waals surface area (Å²) in [6.45, 7) is -0.225. The number of benzene rings is 2. The van der Waals surface area contributed by atoms with Gasteiger partial charge >= 0.3 is 0 Å². The van der Waals surface area contributed by atoms with Crippen LogP contribution in [0.2, 0.25) is 0 Å². The normalized spacial score (nSPS) is 17.4. The number of amides is 2. The van der Waals surface area contributed by atoms with Crippen molar-refractivity contribution in [1.82, 2.24) is 4.90 Å². The summed E-state index contributed by atoms with van der Waals surface area (Å²) < 4.78 is 25.9. The highest BCUT2D eigenvalue weighted by molar-refractivity contribution is 8.18. The Morgan fingerprint density at radius 3 is 2.16 bits per heavy atom. The van der Waals surface area contributed by atoms with Crippen molar-refractivity contribution in [3.8, 4) is 0 Å². The lowest BCUT2D eigenvalue weighted by atomic mass is 10.1. The molecular weight excluding hydrogens is 348 g/mol. The quantitative estimate of drug-likeness (QED) is 0.843. The Hall–Kier alpha value is -2.51. The van der Waals surface area contributed by atoms with Crippen LogP contribution in [0.15, 0.2) is 53.4 Å². The molecule has 1 fully saturated rings. The lowest BCUT2D eigenvalue weighted by molar-refractivity contribution is -0.123. The summed E-state index contributed by atoms with van der Waals surface area (Å²) in [5.74, 6) is -1.36. The fraction of sp³-hybridized carbons (Fsp3) is 0.111. The van der Waals surface area contributed by atoms with Crippen molar-refractivity contribution in [3.05, 3.63) is 76.2 Å². The molecule has 1 aliphatic rings. The van der Waals surface area contributed by atoms with Gasteiger partial charge in [0.2, 0.25) is 0 Å². The third kappa shape index (κ3) is 3.94.